The van der Waals surface area contributed by atoms with Crippen LogP contribution in [0.2, 0.25) is 0 Å². The molecule has 23 heavy (non-hydrogen) atoms. The summed E-state index contributed by atoms with van der Waals surface area (Å²) in [4.78, 5) is 7.81. The summed E-state index contributed by atoms with van der Waals surface area (Å²) < 4.78 is 5.23. The van der Waals surface area contributed by atoms with Crippen molar-refractivity contribution in [2.24, 2.45) is 0 Å². The number of nitrogens with zero attached hydrogens (tertiary/aromatic N) is 1. The molecule has 2 heterocycles. The molecule has 0 saturated carbocycles. The van der Waals surface area contributed by atoms with Crippen molar-refractivity contribution >= 4 is 11.0 Å². The number of fused-ring (bicyclic) bond motifs is 1. The average Bonchev–Trinajstić information content (AvgIpc) is 3.05. The van der Waals surface area contributed by atoms with Crippen molar-refractivity contribution in [3.05, 3.63) is 73.1 Å². The number of rotatable bonds is 3. The minimum atomic E-state index is 0.858. The SMILES string of the molecule is COc1ccc(-c2c[nH]c3ncc(-c4ccccc4)cc23)cc1. The largest absolute Gasteiger partial charge is 0.497 e. The summed E-state index contributed by atoms with van der Waals surface area (Å²) in [5, 5.41) is 1.12. The molecular weight excluding hydrogens is 284 g/mol. The first-order valence-electron chi connectivity index (χ1n) is 7.52. The maximum Gasteiger partial charge on any atom is 0.137 e. The number of pyridine rings is 1. The van der Waals surface area contributed by atoms with Gasteiger partial charge in [-0.2, -0.15) is 0 Å². The lowest BCUT2D eigenvalue weighted by molar-refractivity contribution is 0.415. The highest BCUT2D eigenvalue weighted by Crippen LogP contribution is 2.31. The van der Waals surface area contributed by atoms with E-state index in [0.29, 0.717) is 0 Å². The summed E-state index contributed by atoms with van der Waals surface area (Å²) in [6.07, 6.45) is 3.92. The maximum absolute atomic E-state index is 5.23. The Hall–Kier alpha value is -3.07. The van der Waals surface area contributed by atoms with Crippen LogP contribution in [-0.4, -0.2) is 17.1 Å². The fourth-order valence-electron chi connectivity index (χ4n) is 2.80. The second kappa shape index (κ2) is 5.61. The lowest BCUT2D eigenvalue weighted by Gasteiger charge is -2.04. The number of aromatic amines is 1. The van der Waals surface area contributed by atoms with Gasteiger partial charge in [0, 0.05) is 28.9 Å². The molecule has 0 spiro atoms. The van der Waals surface area contributed by atoms with Crippen molar-refractivity contribution in [2.75, 3.05) is 7.11 Å². The Morgan fingerprint density at radius 3 is 2.39 bits per heavy atom. The van der Waals surface area contributed by atoms with E-state index in [2.05, 4.69) is 40.3 Å². The Balaban J connectivity index is 1.84. The molecular formula is C20H16N2O. The van der Waals surface area contributed by atoms with Crippen molar-refractivity contribution in [3.63, 3.8) is 0 Å². The average molecular weight is 300 g/mol. The van der Waals surface area contributed by atoms with Crippen molar-refractivity contribution in [2.45, 2.75) is 0 Å². The monoisotopic (exact) mass is 300 g/mol. The summed E-state index contributed by atoms with van der Waals surface area (Å²) in [6, 6.07) is 20.6. The molecule has 3 nitrogen and oxygen atoms in total. The highest BCUT2D eigenvalue weighted by molar-refractivity contribution is 5.95. The lowest BCUT2D eigenvalue weighted by Crippen LogP contribution is -1.83. The van der Waals surface area contributed by atoms with Gasteiger partial charge in [-0.1, -0.05) is 42.5 Å². The number of hydrogen-bond acceptors (Lipinski definition) is 2. The van der Waals surface area contributed by atoms with Crippen LogP contribution in [0.15, 0.2) is 73.1 Å². The van der Waals surface area contributed by atoms with E-state index in [9.17, 15) is 0 Å². The van der Waals surface area contributed by atoms with E-state index in [-0.39, 0.29) is 0 Å². The minimum absolute atomic E-state index is 0.858. The van der Waals surface area contributed by atoms with Crippen molar-refractivity contribution in [1.82, 2.24) is 9.97 Å². The summed E-state index contributed by atoms with van der Waals surface area (Å²) in [5.41, 5.74) is 5.48. The molecule has 0 radical (unpaired) electrons. The Labute approximate surface area is 134 Å². The van der Waals surface area contributed by atoms with Crippen LogP contribution in [0.1, 0.15) is 0 Å². The molecule has 4 rings (SSSR count). The predicted molar refractivity (Wildman–Crippen MR) is 93.5 cm³/mol. The number of nitrogens with one attached hydrogen (secondary N) is 1. The number of methoxy groups -OCH3 is 1. The van der Waals surface area contributed by atoms with Crippen LogP contribution in [0.25, 0.3) is 33.3 Å². The van der Waals surface area contributed by atoms with Crippen LogP contribution in [0.5, 0.6) is 5.75 Å². The first-order valence-corrected chi connectivity index (χ1v) is 7.52. The number of benzene rings is 2. The van der Waals surface area contributed by atoms with E-state index in [0.717, 1.165) is 33.5 Å². The van der Waals surface area contributed by atoms with Gasteiger partial charge in [0.2, 0.25) is 0 Å². The third kappa shape index (κ3) is 2.46. The topological polar surface area (TPSA) is 37.9 Å². The van der Waals surface area contributed by atoms with Crippen LogP contribution >= 0.6 is 0 Å². The van der Waals surface area contributed by atoms with Gasteiger partial charge in [-0.3, -0.25) is 0 Å². The van der Waals surface area contributed by atoms with E-state index in [1.165, 1.54) is 5.56 Å². The van der Waals surface area contributed by atoms with Crippen molar-refractivity contribution < 1.29 is 4.74 Å². The molecule has 0 bridgehead atoms. The molecule has 4 aromatic rings. The summed E-state index contributed by atoms with van der Waals surface area (Å²) in [6.45, 7) is 0. The molecule has 0 aliphatic carbocycles. The van der Waals surface area contributed by atoms with Crippen molar-refractivity contribution in [1.29, 1.82) is 0 Å². The quantitative estimate of drug-likeness (QED) is 0.584. The molecule has 2 aromatic heterocycles. The molecule has 0 fully saturated rings. The number of H-pyrrole nitrogens is 1. The smallest absolute Gasteiger partial charge is 0.137 e. The fraction of sp³-hybridized carbons (Fsp3) is 0.0500. The van der Waals surface area contributed by atoms with E-state index in [1.807, 2.05) is 42.7 Å². The summed E-state index contributed by atoms with van der Waals surface area (Å²) in [7, 11) is 1.68. The second-order valence-corrected chi connectivity index (χ2v) is 5.42. The Bertz CT molecular complexity index is 940. The van der Waals surface area contributed by atoms with Gasteiger partial charge in [0.05, 0.1) is 7.11 Å². The Morgan fingerprint density at radius 2 is 1.65 bits per heavy atom. The zero-order chi connectivity index (χ0) is 15.6. The molecule has 0 amide bonds. The third-order valence-corrected chi connectivity index (χ3v) is 4.04. The Morgan fingerprint density at radius 1 is 0.870 bits per heavy atom. The van der Waals surface area contributed by atoms with Crippen LogP contribution in [0.4, 0.5) is 0 Å². The predicted octanol–water partition coefficient (Wildman–Crippen LogP) is 4.91. The van der Waals surface area contributed by atoms with Gasteiger partial charge in [-0.25, -0.2) is 4.98 Å². The maximum atomic E-state index is 5.23. The molecule has 0 atom stereocenters. The van der Waals surface area contributed by atoms with Crippen LogP contribution in [-0.2, 0) is 0 Å². The van der Waals surface area contributed by atoms with Crippen LogP contribution < -0.4 is 4.74 Å². The van der Waals surface area contributed by atoms with Crippen LogP contribution in [0.3, 0.4) is 0 Å². The van der Waals surface area contributed by atoms with Crippen LogP contribution in [0, 0.1) is 0 Å². The highest BCUT2D eigenvalue weighted by Gasteiger charge is 2.09. The minimum Gasteiger partial charge on any atom is -0.497 e. The van der Waals surface area contributed by atoms with Crippen molar-refractivity contribution in [3.8, 4) is 28.0 Å². The molecule has 0 saturated heterocycles. The van der Waals surface area contributed by atoms with Gasteiger partial charge >= 0.3 is 0 Å². The van der Waals surface area contributed by atoms with E-state index < -0.39 is 0 Å². The van der Waals surface area contributed by atoms with E-state index in [1.54, 1.807) is 7.11 Å². The van der Waals surface area contributed by atoms with Gasteiger partial charge in [-0.05, 0) is 29.3 Å². The van der Waals surface area contributed by atoms with E-state index in [4.69, 9.17) is 4.74 Å². The normalized spacial score (nSPS) is 10.8. The molecule has 1 N–H and O–H groups in total. The first-order chi connectivity index (χ1) is 11.3. The van der Waals surface area contributed by atoms with Gasteiger partial charge < -0.3 is 9.72 Å². The molecule has 0 aliphatic heterocycles. The molecule has 0 aliphatic rings. The lowest BCUT2D eigenvalue weighted by atomic mass is 10.0. The third-order valence-electron chi connectivity index (χ3n) is 4.04. The fourth-order valence-corrected chi connectivity index (χ4v) is 2.80. The van der Waals surface area contributed by atoms with Gasteiger partial charge in [-0.15, -0.1) is 0 Å². The highest BCUT2D eigenvalue weighted by atomic mass is 16.5. The molecule has 112 valence electrons. The van der Waals surface area contributed by atoms with Gasteiger partial charge in [0.1, 0.15) is 11.4 Å². The first kappa shape index (κ1) is 13.6. The second-order valence-electron chi connectivity index (χ2n) is 5.42. The summed E-state index contributed by atoms with van der Waals surface area (Å²) >= 11 is 0. The van der Waals surface area contributed by atoms with Gasteiger partial charge in [0.25, 0.3) is 0 Å². The number of ether oxygens (including phenoxy) is 1. The zero-order valence-electron chi connectivity index (χ0n) is 12.8. The molecule has 2 aromatic carbocycles. The standard InChI is InChI=1S/C20H16N2O/c1-23-17-9-7-15(8-10-17)19-13-22-20-18(19)11-16(12-21-20)14-5-3-2-4-6-14/h2-13H,1H3,(H,21,22). The summed E-state index contributed by atoms with van der Waals surface area (Å²) in [5.74, 6) is 0.858. The zero-order valence-corrected chi connectivity index (χ0v) is 12.8. The van der Waals surface area contributed by atoms with E-state index >= 15 is 0 Å². The molecule has 3 heteroatoms. The molecule has 0 unspecified atom stereocenters. The Kier molecular flexibility index (Phi) is 3.31. The number of hydrogen-bond donors (Lipinski definition) is 1. The number of aromatic nitrogens is 2. The van der Waals surface area contributed by atoms with Gasteiger partial charge in [0.15, 0.2) is 0 Å².